The number of piperidine rings is 1. The van der Waals surface area contributed by atoms with Crippen LogP contribution in [0.15, 0.2) is 48.8 Å². The Kier molecular flexibility index (Phi) is 5.46. The fraction of sp³-hybridized carbons (Fsp3) is 0.478. The van der Waals surface area contributed by atoms with E-state index in [0.717, 1.165) is 56.0 Å². The summed E-state index contributed by atoms with van der Waals surface area (Å²) in [5.74, 6) is 0.682. The Morgan fingerprint density at radius 2 is 1.83 bits per heavy atom. The highest BCUT2D eigenvalue weighted by atomic mass is 15.2. The molecule has 2 aromatic rings. The molecule has 6 nitrogen and oxygen atoms in total. The second kappa shape index (κ2) is 8.03. The summed E-state index contributed by atoms with van der Waals surface area (Å²) in [6.45, 7) is 12.9. The molecule has 1 aromatic carbocycles. The molecule has 29 heavy (non-hydrogen) atoms. The van der Waals surface area contributed by atoms with Gasteiger partial charge in [-0.15, -0.1) is 0 Å². The average Bonchev–Trinajstić information content (AvgIpc) is 2.67. The quantitative estimate of drug-likeness (QED) is 0.832. The lowest BCUT2D eigenvalue weighted by atomic mass is 9.88. The van der Waals surface area contributed by atoms with Gasteiger partial charge in [-0.2, -0.15) is 0 Å². The number of hydrogen-bond acceptors (Lipinski definition) is 6. The second-order valence-electron chi connectivity index (χ2n) is 8.96. The molecule has 0 radical (unpaired) electrons. The smallest absolute Gasteiger partial charge is 0.223 e. The first-order valence-corrected chi connectivity index (χ1v) is 10.5. The minimum Gasteiger partial charge on any atom is -0.384 e. The largest absolute Gasteiger partial charge is 0.384 e. The van der Waals surface area contributed by atoms with Crippen molar-refractivity contribution in [3.63, 3.8) is 0 Å². The minimum atomic E-state index is 0.0314. The Morgan fingerprint density at radius 1 is 1.10 bits per heavy atom. The molecule has 0 amide bonds. The molecule has 0 bridgehead atoms. The first-order chi connectivity index (χ1) is 13.9. The predicted octanol–water partition coefficient (Wildman–Crippen LogP) is 3.35. The fourth-order valence-electron chi connectivity index (χ4n) is 4.35. The van der Waals surface area contributed by atoms with E-state index in [1.165, 1.54) is 5.69 Å². The van der Waals surface area contributed by atoms with E-state index in [-0.39, 0.29) is 11.6 Å². The molecule has 2 N–H and O–H groups in total. The summed E-state index contributed by atoms with van der Waals surface area (Å²) in [7, 11) is 2.18. The van der Waals surface area contributed by atoms with Crippen molar-refractivity contribution in [2.24, 2.45) is 0 Å². The van der Waals surface area contributed by atoms with Gasteiger partial charge in [0.2, 0.25) is 5.95 Å². The molecule has 2 fully saturated rings. The van der Waals surface area contributed by atoms with Crippen LogP contribution in [0, 0.1) is 0 Å². The molecule has 1 atom stereocenters. The van der Waals surface area contributed by atoms with Gasteiger partial charge in [0.15, 0.2) is 0 Å². The summed E-state index contributed by atoms with van der Waals surface area (Å²) in [5, 5.41) is 6.97. The van der Waals surface area contributed by atoms with Crippen molar-refractivity contribution in [2.75, 3.05) is 43.4 Å². The van der Waals surface area contributed by atoms with Crippen molar-refractivity contribution in [1.29, 1.82) is 0 Å². The van der Waals surface area contributed by atoms with E-state index in [4.69, 9.17) is 4.98 Å². The van der Waals surface area contributed by atoms with Gasteiger partial charge in [-0.05, 0) is 45.5 Å². The van der Waals surface area contributed by atoms with Crippen LogP contribution >= 0.6 is 0 Å². The Labute approximate surface area is 174 Å². The average molecular weight is 393 g/mol. The van der Waals surface area contributed by atoms with Crippen LogP contribution in [-0.4, -0.2) is 59.7 Å². The van der Waals surface area contributed by atoms with Crippen molar-refractivity contribution in [3.8, 4) is 11.3 Å². The van der Waals surface area contributed by atoms with E-state index in [0.29, 0.717) is 5.95 Å². The molecule has 6 heteroatoms. The number of piperazine rings is 1. The molecule has 3 heterocycles. The lowest BCUT2D eigenvalue weighted by molar-refractivity contribution is 0.313. The summed E-state index contributed by atoms with van der Waals surface area (Å²) in [6, 6.07) is 11.0. The maximum absolute atomic E-state index is 4.77. The van der Waals surface area contributed by atoms with Crippen molar-refractivity contribution in [3.05, 3.63) is 48.8 Å². The summed E-state index contributed by atoms with van der Waals surface area (Å²) < 4.78 is 0. The van der Waals surface area contributed by atoms with Gasteiger partial charge in [-0.1, -0.05) is 18.7 Å². The molecule has 2 aliphatic rings. The number of nitrogens with zero attached hydrogens (tertiary/aromatic N) is 4. The summed E-state index contributed by atoms with van der Waals surface area (Å²) in [5.41, 5.74) is 4.44. The SMILES string of the molecule is C=C1CC(Nc2nccc(-c3ccc(N4CCN(C)CC4)cc3)n2)CC(C)(C)N1. The third-order valence-corrected chi connectivity index (χ3v) is 5.78. The predicted molar refractivity (Wildman–Crippen MR) is 120 cm³/mol. The lowest BCUT2D eigenvalue weighted by Crippen LogP contribution is -2.48. The number of hydrogen-bond donors (Lipinski definition) is 2. The van der Waals surface area contributed by atoms with Crippen molar-refractivity contribution in [1.82, 2.24) is 20.2 Å². The Hall–Kier alpha value is -2.60. The third-order valence-electron chi connectivity index (χ3n) is 5.78. The van der Waals surface area contributed by atoms with Gasteiger partial charge in [-0.3, -0.25) is 0 Å². The maximum Gasteiger partial charge on any atom is 0.223 e. The zero-order chi connectivity index (χ0) is 20.4. The molecule has 154 valence electrons. The highest BCUT2D eigenvalue weighted by Crippen LogP contribution is 2.27. The van der Waals surface area contributed by atoms with Gasteiger partial charge >= 0.3 is 0 Å². The van der Waals surface area contributed by atoms with Crippen LogP contribution < -0.4 is 15.5 Å². The van der Waals surface area contributed by atoms with Gasteiger partial charge in [-0.25, -0.2) is 9.97 Å². The van der Waals surface area contributed by atoms with Gasteiger partial charge < -0.3 is 20.4 Å². The number of nitrogens with one attached hydrogen (secondary N) is 2. The first kappa shape index (κ1) is 19.7. The monoisotopic (exact) mass is 392 g/mol. The van der Waals surface area contributed by atoms with Crippen LogP contribution in [0.25, 0.3) is 11.3 Å². The molecular weight excluding hydrogens is 360 g/mol. The van der Waals surface area contributed by atoms with Gasteiger partial charge in [0, 0.05) is 67.3 Å². The molecule has 0 aliphatic carbocycles. The normalized spacial score (nSPS) is 22.2. The van der Waals surface area contributed by atoms with Crippen LogP contribution in [0.5, 0.6) is 0 Å². The summed E-state index contributed by atoms with van der Waals surface area (Å²) in [4.78, 5) is 14.0. The Morgan fingerprint density at radius 3 is 2.52 bits per heavy atom. The topological polar surface area (TPSA) is 56.3 Å². The molecule has 1 aromatic heterocycles. The summed E-state index contributed by atoms with van der Waals surface area (Å²) >= 11 is 0. The van der Waals surface area contributed by atoms with E-state index in [2.05, 4.69) is 77.2 Å². The highest BCUT2D eigenvalue weighted by molar-refractivity contribution is 5.64. The lowest BCUT2D eigenvalue weighted by Gasteiger charge is -2.38. The number of rotatable bonds is 4. The molecule has 0 saturated carbocycles. The van der Waals surface area contributed by atoms with Gasteiger partial charge in [0.05, 0.1) is 5.69 Å². The van der Waals surface area contributed by atoms with Crippen LogP contribution in [0.2, 0.25) is 0 Å². The Bertz CT molecular complexity index is 852. The van der Waals surface area contributed by atoms with Gasteiger partial charge in [0.25, 0.3) is 0 Å². The molecular formula is C23H32N6. The molecule has 2 aliphatic heterocycles. The standard InChI is InChI=1S/C23H32N6/c1-17-15-19(16-23(2,3)27-17)25-22-24-10-9-21(26-22)18-5-7-20(8-6-18)29-13-11-28(4)12-14-29/h5-10,19,27H,1,11-16H2,2-4H3,(H,24,25,26). The van der Waals surface area contributed by atoms with Crippen LogP contribution in [0.1, 0.15) is 26.7 Å². The van der Waals surface area contributed by atoms with E-state index >= 15 is 0 Å². The maximum atomic E-state index is 4.77. The van der Waals surface area contributed by atoms with Crippen LogP contribution in [-0.2, 0) is 0 Å². The first-order valence-electron chi connectivity index (χ1n) is 10.5. The van der Waals surface area contributed by atoms with Crippen LogP contribution in [0.3, 0.4) is 0 Å². The number of anilines is 2. The molecule has 0 spiro atoms. The highest BCUT2D eigenvalue weighted by Gasteiger charge is 2.29. The third kappa shape index (κ3) is 4.88. The number of aromatic nitrogens is 2. The Balaban J connectivity index is 1.45. The van der Waals surface area contributed by atoms with Crippen molar-refractivity contribution in [2.45, 2.75) is 38.3 Å². The second-order valence-corrected chi connectivity index (χ2v) is 8.96. The van der Waals surface area contributed by atoms with Crippen LogP contribution in [0.4, 0.5) is 11.6 Å². The van der Waals surface area contributed by atoms with E-state index in [9.17, 15) is 0 Å². The minimum absolute atomic E-state index is 0.0314. The van der Waals surface area contributed by atoms with E-state index < -0.39 is 0 Å². The van der Waals surface area contributed by atoms with Crippen molar-refractivity contribution >= 4 is 11.6 Å². The zero-order valence-electron chi connectivity index (χ0n) is 17.8. The number of likely N-dealkylation sites (N-methyl/N-ethyl adjacent to an activating group) is 1. The molecule has 2 saturated heterocycles. The number of benzene rings is 1. The van der Waals surface area contributed by atoms with Crippen molar-refractivity contribution < 1.29 is 0 Å². The molecule has 4 rings (SSSR count). The fourth-order valence-corrected chi connectivity index (χ4v) is 4.35. The van der Waals surface area contributed by atoms with Gasteiger partial charge in [0.1, 0.15) is 0 Å². The zero-order valence-corrected chi connectivity index (χ0v) is 17.8. The van der Waals surface area contributed by atoms with E-state index in [1.807, 2.05) is 12.3 Å². The summed E-state index contributed by atoms with van der Waals surface area (Å²) in [6.07, 6.45) is 3.72. The molecule has 1 unspecified atom stereocenters. The van der Waals surface area contributed by atoms with E-state index in [1.54, 1.807) is 0 Å².